The molecule has 0 aliphatic carbocycles. The molecular formula is C16H16O3. The number of methoxy groups -OCH3 is 1. The fourth-order valence-electron chi connectivity index (χ4n) is 1.81. The van der Waals surface area contributed by atoms with Gasteiger partial charge >= 0.3 is 0 Å². The predicted octanol–water partition coefficient (Wildman–Crippen LogP) is 3.19. The molecular weight excluding hydrogens is 240 g/mol. The maximum absolute atomic E-state index is 10.7. The first kappa shape index (κ1) is 13.3. The van der Waals surface area contributed by atoms with Crippen molar-refractivity contribution in [1.82, 2.24) is 0 Å². The van der Waals surface area contributed by atoms with Crippen LogP contribution in [0.3, 0.4) is 0 Å². The molecule has 98 valence electrons. The van der Waals surface area contributed by atoms with Crippen LogP contribution >= 0.6 is 0 Å². The molecule has 2 aromatic rings. The first-order valence-corrected chi connectivity index (χ1v) is 6.11. The molecule has 0 heterocycles. The van der Waals surface area contributed by atoms with Crippen molar-refractivity contribution in [3.63, 3.8) is 0 Å². The minimum absolute atomic E-state index is 0.514. The van der Waals surface area contributed by atoms with Crippen molar-refractivity contribution < 1.29 is 14.3 Å². The van der Waals surface area contributed by atoms with Crippen LogP contribution in [0, 0.1) is 0 Å². The summed E-state index contributed by atoms with van der Waals surface area (Å²) in [6.07, 6.45) is 0.838. The number of ether oxygens (including phenoxy) is 2. The molecule has 0 saturated heterocycles. The highest BCUT2D eigenvalue weighted by atomic mass is 16.5. The van der Waals surface area contributed by atoms with Crippen molar-refractivity contribution in [3.05, 3.63) is 54.1 Å². The highest BCUT2D eigenvalue weighted by Gasteiger charge is 2.05. The van der Waals surface area contributed by atoms with Crippen molar-refractivity contribution >= 4 is 6.29 Å². The normalized spacial score (nSPS) is 10.2. The maximum Gasteiger partial charge on any atom is 0.150 e. The number of para-hydroxylation sites is 1. The van der Waals surface area contributed by atoms with E-state index in [-0.39, 0.29) is 0 Å². The van der Waals surface area contributed by atoms with E-state index >= 15 is 0 Å². The Morgan fingerprint density at radius 2 is 1.74 bits per heavy atom. The molecule has 0 radical (unpaired) electrons. The van der Waals surface area contributed by atoms with Crippen molar-refractivity contribution in [2.75, 3.05) is 20.3 Å². The van der Waals surface area contributed by atoms with E-state index in [9.17, 15) is 4.79 Å². The smallest absolute Gasteiger partial charge is 0.150 e. The molecule has 0 unspecified atom stereocenters. The number of hydrogen-bond acceptors (Lipinski definition) is 3. The molecule has 2 rings (SSSR count). The molecule has 2 aromatic carbocycles. The molecule has 0 N–H and O–H groups in total. The third-order valence-electron chi connectivity index (χ3n) is 2.79. The number of hydrogen-bond donors (Lipinski definition) is 0. The van der Waals surface area contributed by atoms with E-state index in [0.29, 0.717) is 18.8 Å². The van der Waals surface area contributed by atoms with Gasteiger partial charge in [0.2, 0.25) is 0 Å². The zero-order chi connectivity index (χ0) is 13.5. The summed E-state index contributed by atoms with van der Waals surface area (Å²) in [6.45, 7) is 1.07. The average molecular weight is 256 g/mol. The van der Waals surface area contributed by atoms with Crippen LogP contribution in [-0.4, -0.2) is 26.6 Å². The molecule has 0 bridgehead atoms. The van der Waals surface area contributed by atoms with E-state index in [1.54, 1.807) is 19.2 Å². The third kappa shape index (κ3) is 3.42. The molecule has 0 saturated carbocycles. The summed E-state index contributed by atoms with van der Waals surface area (Å²) >= 11 is 0. The Balaban J connectivity index is 2.24. The molecule has 0 fully saturated rings. The second-order valence-electron chi connectivity index (χ2n) is 4.08. The van der Waals surface area contributed by atoms with E-state index < -0.39 is 0 Å². The second kappa shape index (κ2) is 6.71. The molecule has 3 nitrogen and oxygen atoms in total. The molecule has 19 heavy (non-hydrogen) atoms. The number of aldehydes is 1. The van der Waals surface area contributed by atoms with Crippen LogP contribution in [0.15, 0.2) is 48.5 Å². The molecule has 0 amide bonds. The van der Waals surface area contributed by atoms with Gasteiger partial charge in [0, 0.05) is 18.2 Å². The SMILES string of the molecule is COCCOc1ccccc1-c1ccc(C=O)cc1. The quantitative estimate of drug-likeness (QED) is 0.588. The lowest BCUT2D eigenvalue weighted by atomic mass is 10.0. The molecule has 0 aliphatic rings. The van der Waals surface area contributed by atoms with E-state index in [2.05, 4.69) is 0 Å². The Labute approximate surface area is 112 Å². The monoisotopic (exact) mass is 256 g/mol. The van der Waals surface area contributed by atoms with Gasteiger partial charge in [0.1, 0.15) is 18.6 Å². The summed E-state index contributed by atoms with van der Waals surface area (Å²) in [4.78, 5) is 10.7. The number of rotatable bonds is 6. The zero-order valence-electron chi connectivity index (χ0n) is 10.8. The maximum atomic E-state index is 10.7. The second-order valence-corrected chi connectivity index (χ2v) is 4.08. The van der Waals surface area contributed by atoms with Gasteiger partial charge in [0.05, 0.1) is 6.61 Å². The van der Waals surface area contributed by atoms with Crippen molar-refractivity contribution in [2.45, 2.75) is 0 Å². The lowest BCUT2D eigenvalue weighted by Gasteiger charge is -2.11. The Morgan fingerprint density at radius 1 is 1.00 bits per heavy atom. The van der Waals surface area contributed by atoms with Crippen LogP contribution in [0.25, 0.3) is 11.1 Å². The summed E-state index contributed by atoms with van der Waals surface area (Å²) in [5.74, 6) is 0.818. The van der Waals surface area contributed by atoms with Gasteiger partial charge in [-0.3, -0.25) is 4.79 Å². The van der Waals surface area contributed by atoms with E-state index in [1.807, 2.05) is 36.4 Å². The van der Waals surface area contributed by atoms with Gasteiger partial charge < -0.3 is 9.47 Å². The fraction of sp³-hybridized carbons (Fsp3) is 0.188. The van der Waals surface area contributed by atoms with Gasteiger partial charge in [-0.25, -0.2) is 0 Å². The van der Waals surface area contributed by atoms with Gasteiger partial charge in [0.25, 0.3) is 0 Å². The Bertz CT molecular complexity index is 532. The topological polar surface area (TPSA) is 35.5 Å². The highest BCUT2D eigenvalue weighted by molar-refractivity contribution is 5.78. The van der Waals surface area contributed by atoms with E-state index in [4.69, 9.17) is 9.47 Å². The summed E-state index contributed by atoms with van der Waals surface area (Å²) in [7, 11) is 1.65. The lowest BCUT2D eigenvalue weighted by Crippen LogP contribution is -2.04. The van der Waals surface area contributed by atoms with Gasteiger partial charge in [-0.05, 0) is 11.6 Å². The molecule has 0 spiro atoms. The molecule has 0 aliphatic heterocycles. The van der Waals surface area contributed by atoms with Crippen LogP contribution in [0.2, 0.25) is 0 Å². The standard InChI is InChI=1S/C16H16O3/c1-18-10-11-19-16-5-3-2-4-15(16)14-8-6-13(12-17)7-9-14/h2-9,12H,10-11H2,1H3. The van der Waals surface area contributed by atoms with Crippen LogP contribution in [0.4, 0.5) is 0 Å². The number of benzene rings is 2. The Morgan fingerprint density at radius 3 is 2.42 bits per heavy atom. The highest BCUT2D eigenvalue weighted by Crippen LogP contribution is 2.29. The zero-order valence-corrected chi connectivity index (χ0v) is 10.8. The third-order valence-corrected chi connectivity index (χ3v) is 2.79. The van der Waals surface area contributed by atoms with Gasteiger partial charge in [-0.15, -0.1) is 0 Å². The Kier molecular flexibility index (Phi) is 4.70. The minimum Gasteiger partial charge on any atom is -0.491 e. The molecule has 0 atom stereocenters. The number of carbonyl (C=O) groups excluding carboxylic acids is 1. The van der Waals surface area contributed by atoms with Gasteiger partial charge in [0.15, 0.2) is 0 Å². The van der Waals surface area contributed by atoms with Crippen molar-refractivity contribution in [2.24, 2.45) is 0 Å². The predicted molar refractivity (Wildman–Crippen MR) is 74.6 cm³/mol. The van der Waals surface area contributed by atoms with Crippen LogP contribution < -0.4 is 4.74 Å². The summed E-state index contributed by atoms with van der Waals surface area (Å²) in [5, 5.41) is 0. The largest absolute Gasteiger partial charge is 0.491 e. The van der Waals surface area contributed by atoms with Crippen molar-refractivity contribution in [1.29, 1.82) is 0 Å². The first-order chi connectivity index (χ1) is 9.35. The summed E-state index contributed by atoms with van der Waals surface area (Å²) < 4.78 is 10.7. The van der Waals surface area contributed by atoms with Crippen LogP contribution in [-0.2, 0) is 4.74 Å². The molecule has 3 heteroatoms. The minimum atomic E-state index is 0.514. The van der Waals surface area contributed by atoms with E-state index in [1.165, 1.54) is 0 Å². The number of carbonyl (C=O) groups is 1. The Hall–Kier alpha value is -2.13. The average Bonchev–Trinajstić information content (AvgIpc) is 2.48. The van der Waals surface area contributed by atoms with E-state index in [0.717, 1.165) is 23.2 Å². The molecule has 0 aromatic heterocycles. The fourth-order valence-corrected chi connectivity index (χ4v) is 1.81. The summed E-state index contributed by atoms with van der Waals surface area (Å²) in [5.41, 5.74) is 2.70. The van der Waals surface area contributed by atoms with Gasteiger partial charge in [-0.1, -0.05) is 42.5 Å². The van der Waals surface area contributed by atoms with Crippen LogP contribution in [0.1, 0.15) is 10.4 Å². The van der Waals surface area contributed by atoms with Gasteiger partial charge in [-0.2, -0.15) is 0 Å². The first-order valence-electron chi connectivity index (χ1n) is 6.11. The summed E-state index contributed by atoms with van der Waals surface area (Å²) in [6, 6.07) is 15.3. The van der Waals surface area contributed by atoms with Crippen LogP contribution in [0.5, 0.6) is 5.75 Å². The van der Waals surface area contributed by atoms with Crippen molar-refractivity contribution in [3.8, 4) is 16.9 Å². The lowest BCUT2D eigenvalue weighted by molar-refractivity contribution is 0.112.